The quantitative estimate of drug-likeness (QED) is 0.669. The first-order valence-corrected chi connectivity index (χ1v) is 5.42. The highest BCUT2D eigenvalue weighted by atomic mass is 127. The molecule has 1 N–H and O–H groups in total. The van der Waals surface area contributed by atoms with Gasteiger partial charge in [-0.15, -0.1) is 0 Å². The van der Waals surface area contributed by atoms with E-state index in [1.54, 1.807) is 0 Å². The Hall–Kier alpha value is -1.18. The number of amides is 1. The Balaban J connectivity index is 2.66. The summed E-state index contributed by atoms with van der Waals surface area (Å²) in [7, 11) is 1.22. The maximum absolute atomic E-state index is 13.1. The topological polar surface area (TPSA) is 55.4 Å². The largest absolute Gasteiger partial charge is 0.468 e. The molecule has 0 saturated carbocycles. The molecule has 4 nitrogen and oxygen atoms in total. The highest BCUT2D eigenvalue weighted by Gasteiger charge is 2.09. The molecule has 0 spiro atoms. The fraction of sp³-hybridized carbons (Fsp3) is 0.200. The van der Waals surface area contributed by atoms with Gasteiger partial charge in [-0.2, -0.15) is 0 Å². The van der Waals surface area contributed by atoms with Gasteiger partial charge < -0.3 is 10.1 Å². The van der Waals surface area contributed by atoms with Crippen molar-refractivity contribution in [1.29, 1.82) is 0 Å². The van der Waals surface area contributed by atoms with Gasteiger partial charge in [0.25, 0.3) is 5.91 Å². The second-order valence-electron chi connectivity index (χ2n) is 2.89. The van der Waals surface area contributed by atoms with Gasteiger partial charge in [-0.1, -0.05) is 0 Å². The first-order chi connectivity index (χ1) is 7.54. The number of rotatable bonds is 3. The number of benzene rings is 1. The maximum Gasteiger partial charge on any atom is 0.325 e. The molecule has 86 valence electrons. The summed E-state index contributed by atoms with van der Waals surface area (Å²) in [6.07, 6.45) is 0. The zero-order valence-corrected chi connectivity index (χ0v) is 10.6. The monoisotopic (exact) mass is 337 g/mol. The molecule has 0 aliphatic heterocycles. The summed E-state index contributed by atoms with van der Waals surface area (Å²) in [4.78, 5) is 22.2. The molecule has 0 heterocycles. The molecule has 0 saturated heterocycles. The molecule has 0 fully saturated rings. The molecule has 1 aromatic rings. The van der Waals surface area contributed by atoms with Crippen LogP contribution < -0.4 is 5.32 Å². The Bertz CT molecular complexity index is 423. The fourth-order valence-corrected chi connectivity index (χ4v) is 1.30. The normalized spacial score (nSPS) is 9.69. The molecule has 1 amide bonds. The van der Waals surface area contributed by atoms with Crippen LogP contribution in [0.5, 0.6) is 0 Å². The standard InChI is InChI=1S/C10H9FINO3/c1-16-9(14)5-13-10(15)6-2-3-8(12)7(11)4-6/h2-4H,5H2,1H3,(H,13,15). The summed E-state index contributed by atoms with van der Waals surface area (Å²) in [5.41, 5.74) is 0.168. The molecular formula is C10H9FINO3. The van der Waals surface area contributed by atoms with Crippen molar-refractivity contribution in [3.8, 4) is 0 Å². The summed E-state index contributed by atoms with van der Waals surface area (Å²) in [6.45, 7) is -0.233. The number of hydrogen-bond acceptors (Lipinski definition) is 3. The van der Waals surface area contributed by atoms with Crippen molar-refractivity contribution >= 4 is 34.5 Å². The molecule has 16 heavy (non-hydrogen) atoms. The van der Waals surface area contributed by atoms with Crippen LogP contribution in [0.4, 0.5) is 4.39 Å². The van der Waals surface area contributed by atoms with Gasteiger partial charge in [-0.25, -0.2) is 4.39 Å². The lowest BCUT2D eigenvalue weighted by Gasteiger charge is -2.04. The van der Waals surface area contributed by atoms with E-state index < -0.39 is 17.7 Å². The predicted molar refractivity (Wildman–Crippen MR) is 63.5 cm³/mol. The minimum atomic E-state index is -0.556. The molecule has 6 heteroatoms. The molecule has 0 aliphatic carbocycles. The van der Waals surface area contributed by atoms with Gasteiger partial charge in [-0.05, 0) is 40.8 Å². The SMILES string of the molecule is COC(=O)CNC(=O)c1ccc(I)c(F)c1. The zero-order chi connectivity index (χ0) is 12.1. The molecule has 0 aliphatic rings. The van der Waals surface area contributed by atoms with Crippen LogP contribution in [0.15, 0.2) is 18.2 Å². The number of carbonyl (C=O) groups is 2. The lowest BCUT2D eigenvalue weighted by atomic mass is 10.2. The van der Waals surface area contributed by atoms with Crippen LogP contribution in [-0.2, 0) is 9.53 Å². The van der Waals surface area contributed by atoms with Crippen LogP contribution in [0.2, 0.25) is 0 Å². The Morgan fingerprint density at radius 3 is 2.75 bits per heavy atom. The second-order valence-corrected chi connectivity index (χ2v) is 4.05. The predicted octanol–water partition coefficient (Wildman–Crippen LogP) is 1.33. The van der Waals surface area contributed by atoms with Gasteiger partial charge in [-0.3, -0.25) is 9.59 Å². The lowest BCUT2D eigenvalue weighted by Crippen LogP contribution is -2.30. The van der Waals surface area contributed by atoms with E-state index in [1.165, 1.54) is 19.2 Å². The minimum Gasteiger partial charge on any atom is -0.468 e. The minimum absolute atomic E-state index is 0.168. The third-order valence-electron chi connectivity index (χ3n) is 1.80. The third-order valence-corrected chi connectivity index (χ3v) is 2.68. The molecule has 0 unspecified atom stereocenters. The van der Waals surface area contributed by atoms with Crippen molar-refractivity contribution in [2.24, 2.45) is 0 Å². The Morgan fingerprint density at radius 2 is 2.19 bits per heavy atom. The van der Waals surface area contributed by atoms with Crippen LogP contribution >= 0.6 is 22.6 Å². The van der Waals surface area contributed by atoms with Crippen molar-refractivity contribution in [3.63, 3.8) is 0 Å². The molecule has 1 aromatic carbocycles. The van der Waals surface area contributed by atoms with Gasteiger partial charge in [0.05, 0.1) is 7.11 Å². The second kappa shape index (κ2) is 5.78. The third kappa shape index (κ3) is 3.44. The lowest BCUT2D eigenvalue weighted by molar-refractivity contribution is -0.139. The number of hydrogen-bond donors (Lipinski definition) is 1. The smallest absolute Gasteiger partial charge is 0.325 e. The van der Waals surface area contributed by atoms with Gasteiger partial charge >= 0.3 is 5.97 Å². The average molecular weight is 337 g/mol. The van der Waals surface area contributed by atoms with E-state index in [9.17, 15) is 14.0 Å². The van der Waals surface area contributed by atoms with E-state index in [-0.39, 0.29) is 12.1 Å². The molecule has 0 radical (unpaired) electrons. The summed E-state index contributed by atoms with van der Waals surface area (Å²) in [6, 6.07) is 4.09. The first-order valence-electron chi connectivity index (χ1n) is 4.34. The van der Waals surface area contributed by atoms with E-state index in [2.05, 4.69) is 10.1 Å². The Morgan fingerprint density at radius 1 is 1.50 bits per heavy atom. The maximum atomic E-state index is 13.1. The summed E-state index contributed by atoms with van der Waals surface area (Å²) >= 11 is 1.82. The summed E-state index contributed by atoms with van der Waals surface area (Å²) in [5, 5.41) is 2.31. The van der Waals surface area contributed by atoms with Crippen LogP contribution in [0.3, 0.4) is 0 Å². The highest BCUT2D eigenvalue weighted by molar-refractivity contribution is 14.1. The van der Waals surface area contributed by atoms with E-state index >= 15 is 0 Å². The Labute approximate surface area is 105 Å². The number of halogens is 2. The summed E-state index contributed by atoms with van der Waals surface area (Å²) in [5.74, 6) is -1.54. The molecule has 0 aromatic heterocycles. The van der Waals surface area contributed by atoms with Crippen molar-refractivity contribution in [2.45, 2.75) is 0 Å². The van der Waals surface area contributed by atoms with Crippen LogP contribution in [0.25, 0.3) is 0 Å². The van der Waals surface area contributed by atoms with Crippen LogP contribution in [0, 0.1) is 9.39 Å². The van der Waals surface area contributed by atoms with Crippen molar-refractivity contribution in [1.82, 2.24) is 5.32 Å². The molecule has 0 atom stereocenters. The number of methoxy groups -OCH3 is 1. The number of nitrogens with one attached hydrogen (secondary N) is 1. The van der Waals surface area contributed by atoms with E-state index in [1.807, 2.05) is 22.6 Å². The van der Waals surface area contributed by atoms with E-state index in [0.29, 0.717) is 3.57 Å². The van der Waals surface area contributed by atoms with Crippen molar-refractivity contribution < 1.29 is 18.7 Å². The molecule has 1 rings (SSSR count). The van der Waals surface area contributed by atoms with Gasteiger partial charge in [0.15, 0.2) is 0 Å². The number of esters is 1. The van der Waals surface area contributed by atoms with Crippen LogP contribution in [0.1, 0.15) is 10.4 Å². The van der Waals surface area contributed by atoms with E-state index in [0.717, 1.165) is 6.07 Å². The Kier molecular flexibility index (Phi) is 4.66. The zero-order valence-electron chi connectivity index (χ0n) is 8.42. The van der Waals surface area contributed by atoms with Crippen LogP contribution in [-0.4, -0.2) is 25.5 Å². The van der Waals surface area contributed by atoms with Gasteiger partial charge in [0.1, 0.15) is 12.4 Å². The first kappa shape index (κ1) is 12.9. The van der Waals surface area contributed by atoms with Gasteiger partial charge in [0.2, 0.25) is 0 Å². The van der Waals surface area contributed by atoms with E-state index in [4.69, 9.17) is 0 Å². The number of ether oxygens (including phenoxy) is 1. The van der Waals surface area contributed by atoms with Gasteiger partial charge in [0, 0.05) is 9.13 Å². The molecular weight excluding hydrogens is 328 g/mol. The molecule has 0 bridgehead atoms. The fourth-order valence-electron chi connectivity index (χ4n) is 0.964. The summed E-state index contributed by atoms with van der Waals surface area (Å²) < 4.78 is 17.9. The van der Waals surface area contributed by atoms with Crippen molar-refractivity contribution in [2.75, 3.05) is 13.7 Å². The van der Waals surface area contributed by atoms with Crippen molar-refractivity contribution in [3.05, 3.63) is 33.1 Å². The average Bonchev–Trinajstić information content (AvgIpc) is 2.29. The number of carbonyl (C=O) groups excluding carboxylic acids is 2. The highest BCUT2D eigenvalue weighted by Crippen LogP contribution is 2.12.